The molecule has 2 fully saturated rings. The van der Waals surface area contributed by atoms with E-state index in [1.165, 1.54) is 52.1 Å². The number of ketones is 1. The number of allylic oxidation sites excluding steroid dienone is 1. The molecule has 1 saturated heterocycles. The minimum Gasteiger partial charge on any atom is -0.465 e. The Morgan fingerprint density at radius 1 is 0.968 bits per heavy atom. The van der Waals surface area contributed by atoms with E-state index >= 15 is 0 Å². The average molecular weight is 425 g/mol. The lowest BCUT2D eigenvalue weighted by molar-refractivity contribution is -0.117. The molecule has 1 aromatic carbocycles. The molecule has 0 atom stereocenters. The number of nitrogens with zero attached hydrogens (tertiary/aromatic N) is 2. The first-order valence-corrected chi connectivity index (χ1v) is 12.0. The fourth-order valence-corrected chi connectivity index (χ4v) is 5.70. The maximum Gasteiger partial charge on any atom is 0.337 e. The lowest BCUT2D eigenvalue weighted by Crippen LogP contribution is -2.48. The second-order valence-corrected chi connectivity index (χ2v) is 9.43. The summed E-state index contributed by atoms with van der Waals surface area (Å²) in [6.07, 6.45) is 12.5. The maximum atomic E-state index is 12.5. The Morgan fingerprint density at radius 2 is 1.65 bits per heavy atom. The Hall–Kier alpha value is -2.14. The van der Waals surface area contributed by atoms with Crippen LogP contribution in [0.15, 0.2) is 30.5 Å². The van der Waals surface area contributed by atoms with Crippen molar-refractivity contribution in [2.24, 2.45) is 0 Å². The van der Waals surface area contributed by atoms with Gasteiger partial charge >= 0.3 is 5.97 Å². The number of esters is 1. The van der Waals surface area contributed by atoms with E-state index in [1.807, 2.05) is 12.1 Å². The van der Waals surface area contributed by atoms with Gasteiger partial charge in [0.05, 0.1) is 12.7 Å². The predicted octanol–water partition coefficient (Wildman–Crippen LogP) is 4.89. The van der Waals surface area contributed by atoms with Crippen molar-refractivity contribution in [3.63, 3.8) is 0 Å². The lowest BCUT2D eigenvalue weighted by Gasteiger charge is -2.43. The van der Waals surface area contributed by atoms with Crippen LogP contribution < -0.4 is 4.90 Å². The third-order valence-corrected chi connectivity index (χ3v) is 7.35. The third kappa shape index (κ3) is 5.03. The zero-order valence-corrected chi connectivity index (χ0v) is 18.9. The molecule has 3 aliphatic rings. The number of carbonyl (C=O) groups is 2. The molecular weight excluding hydrogens is 388 g/mol. The van der Waals surface area contributed by atoms with Gasteiger partial charge < -0.3 is 14.5 Å². The molecule has 0 aromatic heterocycles. The first-order valence-electron chi connectivity index (χ1n) is 12.0. The van der Waals surface area contributed by atoms with Gasteiger partial charge in [0.1, 0.15) is 5.78 Å². The Morgan fingerprint density at radius 3 is 2.32 bits per heavy atom. The van der Waals surface area contributed by atoms with Crippen LogP contribution in [0.1, 0.15) is 80.1 Å². The van der Waals surface area contributed by atoms with Gasteiger partial charge in [0.25, 0.3) is 0 Å². The zero-order chi connectivity index (χ0) is 21.8. The van der Waals surface area contributed by atoms with Crippen molar-refractivity contribution in [2.75, 3.05) is 25.1 Å². The maximum absolute atomic E-state index is 12.5. The molecule has 0 amide bonds. The van der Waals surface area contributed by atoms with Crippen molar-refractivity contribution in [2.45, 2.75) is 82.7 Å². The quantitative estimate of drug-likeness (QED) is 0.647. The first-order chi connectivity index (χ1) is 15.1. The summed E-state index contributed by atoms with van der Waals surface area (Å²) in [5.74, 6) is -0.158. The van der Waals surface area contributed by atoms with Crippen molar-refractivity contribution < 1.29 is 14.3 Å². The van der Waals surface area contributed by atoms with Gasteiger partial charge in [-0.25, -0.2) is 4.79 Å². The Kier molecular flexibility index (Phi) is 7.11. The number of carbonyl (C=O) groups excluding carboxylic acids is 2. The SMILES string of the molecule is C=C1CC(=O)Cc2ccc(C(=O)OC)cc2N1C1CCN(C2CCCCCCC2)CC1. The van der Waals surface area contributed by atoms with Crippen LogP contribution in [0.2, 0.25) is 0 Å². The highest BCUT2D eigenvalue weighted by atomic mass is 16.5. The van der Waals surface area contributed by atoms with Crippen LogP contribution in [0.4, 0.5) is 5.69 Å². The number of methoxy groups -OCH3 is 1. The number of hydrogen-bond donors (Lipinski definition) is 0. The smallest absolute Gasteiger partial charge is 0.337 e. The molecule has 1 saturated carbocycles. The van der Waals surface area contributed by atoms with Gasteiger partial charge in [0.15, 0.2) is 0 Å². The summed E-state index contributed by atoms with van der Waals surface area (Å²) >= 11 is 0. The normalized spacial score (nSPS) is 22.4. The van der Waals surface area contributed by atoms with Gasteiger partial charge in [0.2, 0.25) is 0 Å². The minimum atomic E-state index is -0.344. The number of anilines is 1. The van der Waals surface area contributed by atoms with Crippen LogP contribution in [-0.2, 0) is 16.0 Å². The summed E-state index contributed by atoms with van der Waals surface area (Å²) in [5, 5.41) is 0. The summed E-state index contributed by atoms with van der Waals surface area (Å²) in [6, 6.07) is 6.62. The monoisotopic (exact) mass is 424 g/mol. The number of likely N-dealkylation sites (tertiary alicyclic amines) is 1. The van der Waals surface area contributed by atoms with Crippen LogP contribution in [0, 0.1) is 0 Å². The molecular formula is C26H36N2O3. The topological polar surface area (TPSA) is 49.9 Å². The number of hydrogen-bond acceptors (Lipinski definition) is 5. The molecule has 0 bridgehead atoms. The van der Waals surface area contributed by atoms with E-state index < -0.39 is 0 Å². The molecule has 0 radical (unpaired) electrons. The number of benzene rings is 1. The molecule has 31 heavy (non-hydrogen) atoms. The second kappa shape index (κ2) is 9.99. The lowest BCUT2D eigenvalue weighted by atomic mass is 9.92. The summed E-state index contributed by atoms with van der Waals surface area (Å²) < 4.78 is 4.93. The molecule has 4 rings (SSSR count). The van der Waals surface area contributed by atoms with E-state index in [-0.39, 0.29) is 11.8 Å². The minimum absolute atomic E-state index is 0.187. The molecule has 1 aromatic rings. The van der Waals surface area contributed by atoms with E-state index in [9.17, 15) is 9.59 Å². The number of ether oxygens (including phenoxy) is 1. The van der Waals surface area contributed by atoms with Crippen molar-refractivity contribution in [3.8, 4) is 0 Å². The summed E-state index contributed by atoms with van der Waals surface area (Å²) in [5.41, 5.74) is 3.33. The molecule has 0 N–H and O–H groups in total. The predicted molar refractivity (Wildman–Crippen MR) is 123 cm³/mol. The van der Waals surface area contributed by atoms with Gasteiger partial charge in [0, 0.05) is 49.4 Å². The van der Waals surface area contributed by atoms with Gasteiger partial charge in [-0.15, -0.1) is 0 Å². The first kappa shape index (κ1) is 22.1. The highest BCUT2D eigenvalue weighted by Gasteiger charge is 2.33. The van der Waals surface area contributed by atoms with Crippen molar-refractivity contribution >= 4 is 17.4 Å². The van der Waals surface area contributed by atoms with Crippen molar-refractivity contribution in [3.05, 3.63) is 41.6 Å². The number of piperidine rings is 1. The fourth-order valence-electron chi connectivity index (χ4n) is 5.70. The van der Waals surface area contributed by atoms with Gasteiger partial charge in [-0.3, -0.25) is 4.79 Å². The number of rotatable bonds is 3. The van der Waals surface area contributed by atoms with Crippen LogP contribution in [0.5, 0.6) is 0 Å². The highest BCUT2D eigenvalue weighted by Crippen LogP contribution is 2.36. The van der Waals surface area contributed by atoms with Gasteiger partial charge in [-0.2, -0.15) is 0 Å². The van der Waals surface area contributed by atoms with Gasteiger partial charge in [-0.05, 0) is 43.4 Å². The second-order valence-electron chi connectivity index (χ2n) is 9.43. The van der Waals surface area contributed by atoms with Crippen LogP contribution in [-0.4, -0.2) is 48.9 Å². The Balaban J connectivity index is 1.53. The number of Topliss-reactive ketones (excluding diaryl/α,β-unsaturated/α-hetero) is 1. The third-order valence-electron chi connectivity index (χ3n) is 7.35. The standard InChI is InChI=1S/C26H36N2O3/c1-19-16-24(29)17-20-10-11-21(26(30)31-2)18-25(20)28(19)23-12-14-27(15-13-23)22-8-6-4-3-5-7-9-22/h10-11,18,22-23H,1,3-9,12-17H2,2H3. The van der Waals surface area contributed by atoms with Crippen molar-refractivity contribution in [1.29, 1.82) is 0 Å². The molecule has 1 aliphatic carbocycles. The van der Waals surface area contributed by atoms with E-state index in [1.54, 1.807) is 6.07 Å². The summed E-state index contributed by atoms with van der Waals surface area (Å²) in [7, 11) is 1.40. The summed E-state index contributed by atoms with van der Waals surface area (Å²) in [4.78, 5) is 29.6. The van der Waals surface area contributed by atoms with Crippen LogP contribution in [0.3, 0.4) is 0 Å². The van der Waals surface area contributed by atoms with E-state index in [0.29, 0.717) is 24.4 Å². The highest BCUT2D eigenvalue weighted by molar-refractivity contribution is 5.93. The Labute approximate surface area is 186 Å². The average Bonchev–Trinajstić information content (AvgIpc) is 2.87. The van der Waals surface area contributed by atoms with E-state index in [2.05, 4.69) is 16.4 Å². The van der Waals surface area contributed by atoms with E-state index in [0.717, 1.165) is 48.9 Å². The van der Waals surface area contributed by atoms with Gasteiger partial charge in [-0.1, -0.05) is 44.7 Å². The van der Waals surface area contributed by atoms with Crippen LogP contribution >= 0.6 is 0 Å². The Bertz CT molecular complexity index is 818. The molecule has 5 nitrogen and oxygen atoms in total. The van der Waals surface area contributed by atoms with E-state index in [4.69, 9.17) is 4.74 Å². The largest absolute Gasteiger partial charge is 0.465 e. The fraction of sp³-hybridized carbons (Fsp3) is 0.615. The van der Waals surface area contributed by atoms with Crippen molar-refractivity contribution in [1.82, 2.24) is 4.90 Å². The molecule has 2 heterocycles. The number of fused-ring (bicyclic) bond motifs is 1. The zero-order valence-electron chi connectivity index (χ0n) is 18.9. The molecule has 5 heteroatoms. The molecule has 2 aliphatic heterocycles. The molecule has 0 spiro atoms. The molecule has 0 unspecified atom stereocenters. The van der Waals surface area contributed by atoms with Crippen LogP contribution in [0.25, 0.3) is 0 Å². The molecule has 168 valence electrons. The summed E-state index contributed by atoms with van der Waals surface area (Å²) in [6.45, 7) is 6.47.